The highest BCUT2D eigenvalue weighted by Crippen LogP contribution is 2.60. The summed E-state index contributed by atoms with van der Waals surface area (Å²) in [6.07, 6.45) is 4.69. The van der Waals surface area contributed by atoms with Crippen LogP contribution in [0.4, 0.5) is 0 Å². The van der Waals surface area contributed by atoms with Crippen LogP contribution in [-0.4, -0.2) is 20.0 Å². The third kappa shape index (κ3) is 3.08. The van der Waals surface area contributed by atoms with Crippen LogP contribution in [0.3, 0.4) is 0 Å². The minimum Gasteiger partial charge on any atom is -0.389 e. The standard InChI is InChI=1S/C14H17ClN2O2S2/c15-11-7-9(13(16)20)1-4-12(11)21(18,19)17-8-14(5-6-14)10-2-3-10/h1,4,7,10,17H,2-3,5-6,8H2,(H2,16,20). The fraction of sp³-hybridized carbons (Fsp3) is 0.500. The Balaban J connectivity index is 1.76. The van der Waals surface area contributed by atoms with Crippen molar-refractivity contribution in [3.8, 4) is 0 Å². The van der Waals surface area contributed by atoms with Crippen LogP contribution in [0.5, 0.6) is 0 Å². The highest BCUT2D eigenvalue weighted by atomic mass is 35.5. The molecule has 7 heteroatoms. The second-order valence-corrected chi connectivity index (χ2v) is 8.55. The Morgan fingerprint density at radius 1 is 1.43 bits per heavy atom. The molecular formula is C14H17ClN2O2S2. The molecule has 2 fully saturated rings. The monoisotopic (exact) mass is 344 g/mol. The maximum atomic E-state index is 12.4. The largest absolute Gasteiger partial charge is 0.389 e. The van der Waals surface area contributed by atoms with Gasteiger partial charge in [0.25, 0.3) is 0 Å². The lowest BCUT2D eigenvalue weighted by Gasteiger charge is -2.16. The molecule has 0 radical (unpaired) electrons. The van der Waals surface area contributed by atoms with E-state index in [0.717, 1.165) is 12.8 Å². The van der Waals surface area contributed by atoms with Crippen LogP contribution in [0, 0.1) is 11.3 Å². The molecule has 0 saturated heterocycles. The zero-order chi connectivity index (χ0) is 15.3. The van der Waals surface area contributed by atoms with E-state index in [1.54, 1.807) is 6.07 Å². The van der Waals surface area contributed by atoms with Crippen molar-refractivity contribution in [2.24, 2.45) is 17.1 Å². The first-order chi connectivity index (χ1) is 9.84. The third-order valence-electron chi connectivity index (χ3n) is 4.46. The molecule has 2 saturated carbocycles. The summed E-state index contributed by atoms with van der Waals surface area (Å²) in [6.45, 7) is 0.507. The van der Waals surface area contributed by atoms with E-state index in [-0.39, 0.29) is 20.3 Å². The number of thiocarbonyl (C=S) groups is 1. The van der Waals surface area contributed by atoms with E-state index >= 15 is 0 Å². The minimum atomic E-state index is -3.60. The van der Waals surface area contributed by atoms with E-state index < -0.39 is 10.0 Å². The Bertz CT molecular complexity index is 695. The minimum absolute atomic E-state index is 0.0794. The number of hydrogen-bond acceptors (Lipinski definition) is 3. The second-order valence-electron chi connectivity index (χ2n) is 5.97. The molecule has 3 rings (SSSR count). The van der Waals surface area contributed by atoms with E-state index in [4.69, 9.17) is 29.6 Å². The molecule has 0 unspecified atom stereocenters. The number of hydrogen-bond donors (Lipinski definition) is 2. The lowest BCUT2D eigenvalue weighted by atomic mass is 10.0. The maximum Gasteiger partial charge on any atom is 0.242 e. The van der Waals surface area contributed by atoms with E-state index in [0.29, 0.717) is 18.0 Å². The van der Waals surface area contributed by atoms with Crippen molar-refractivity contribution in [2.75, 3.05) is 6.54 Å². The summed E-state index contributed by atoms with van der Waals surface area (Å²) in [7, 11) is -3.60. The number of sulfonamides is 1. The summed E-state index contributed by atoms with van der Waals surface area (Å²) in [5.41, 5.74) is 6.28. The van der Waals surface area contributed by atoms with E-state index in [1.807, 2.05) is 0 Å². The first kappa shape index (κ1) is 15.2. The summed E-state index contributed by atoms with van der Waals surface area (Å²) in [5, 5.41) is 0.143. The van der Waals surface area contributed by atoms with Gasteiger partial charge in [0.05, 0.1) is 5.02 Å². The molecule has 3 N–H and O–H groups in total. The van der Waals surface area contributed by atoms with Gasteiger partial charge in [0, 0.05) is 12.1 Å². The smallest absolute Gasteiger partial charge is 0.242 e. The molecule has 1 aromatic carbocycles. The summed E-state index contributed by atoms with van der Waals surface area (Å²) >= 11 is 10.9. The van der Waals surface area contributed by atoms with Crippen molar-refractivity contribution in [3.05, 3.63) is 28.8 Å². The Morgan fingerprint density at radius 2 is 2.10 bits per heavy atom. The average molecular weight is 345 g/mol. The Kier molecular flexibility index (Phi) is 3.76. The van der Waals surface area contributed by atoms with E-state index in [2.05, 4.69) is 4.72 Å². The predicted molar refractivity (Wildman–Crippen MR) is 86.9 cm³/mol. The molecule has 0 heterocycles. The van der Waals surface area contributed by atoms with Gasteiger partial charge in [0.2, 0.25) is 10.0 Å². The van der Waals surface area contributed by atoms with Gasteiger partial charge in [-0.2, -0.15) is 0 Å². The summed E-state index contributed by atoms with van der Waals surface area (Å²) in [5.74, 6) is 0.702. The molecule has 1 aromatic rings. The number of nitrogens with one attached hydrogen (secondary N) is 1. The Hall–Kier alpha value is -0.690. The van der Waals surface area contributed by atoms with Gasteiger partial charge in [-0.15, -0.1) is 0 Å². The van der Waals surface area contributed by atoms with Crippen LogP contribution in [0.25, 0.3) is 0 Å². The second kappa shape index (κ2) is 5.19. The summed E-state index contributed by atoms with van der Waals surface area (Å²) in [6, 6.07) is 4.53. The van der Waals surface area contributed by atoms with Crippen LogP contribution in [0.1, 0.15) is 31.2 Å². The van der Waals surface area contributed by atoms with Gasteiger partial charge >= 0.3 is 0 Å². The first-order valence-electron chi connectivity index (χ1n) is 6.93. The highest BCUT2D eigenvalue weighted by molar-refractivity contribution is 7.89. The Labute approximate surface area is 135 Å². The van der Waals surface area contributed by atoms with Crippen LogP contribution >= 0.6 is 23.8 Å². The summed E-state index contributed by atoms with van der Waals surface area (Å²) < 4.78 is 27.5. The zero-order valence-electron chi connectivity index (χ0n) is 11.4. The molecule has 0 bridgehead atoms. The van der Waals surface area contributed by atoms with Crippen molar-refractivity contribution in [2.45, 2.75) is 30.6 Å². The van der Waals surface area contributed by atoms with Crippen molar-refractivity contribution in [1.29, 1.82) is 0 Å². The Morgan fingerprint density at radius 3 is 2.57 bits per heavy atom. The number of halogens is 1. The summed E-state index contributed by atoms with van der Waals surface area (Å²) in [4.78, 5) is 0.273. The first-order valence-corrected chi connectivity index (χ1v) is 9.20. The molecule has 0 spiro atoms. The molecule has 2 aliphatic rings. The van der Waals surface area contributed by atoms with Crippen molar-refractivity contribution in [3.63, 3.8) is 0 Å². The quantitative estimate of drug-likeness (QED) is 0.777. The molecule has 2 aliphatic carbocycles. The molecule has 4 nitrogen and oxygen atoms in total. The van der Waals surface area contributed by atoms with Gasteiger partial charge in [0.1, 0.15) is 9.88 Å². The topological polar surface area (TPSA) is 72.2 Å². The fourth-order valence-corrected chi connectivity index (χ4v) is 4.58. The molecule has 0 atom stereocenters. The lowest BCUT2D eigenvalue weighted by Crippen LogP contribution is -2.31. The van der Waals surface area contributed by atoms with Gasteiger partial charge in [-0.3, -0.25) is 0 Å². The normalized spacial score (nSPS) is 20.2. The number of rotatable bonds is 6. The lowest BCUT2D eigenvalue weighted by molar-refractivity contribution is 0.432. The van der Waals surface area contributed by atoms with Gasteiger partial charge < -0.3 is 5.73 Å². The average Bonchev–Trinajstić information content (AvgIpc) is 3.26. The molecular weight excluding hydrogens is 328 g/mol. The number of benzene rings is 1. The third-order valence-corrected chi connectivity index (χ3v) is 6.58. The van der Waals surface area contributed by atoms with E-state index in [1.165, 1.54) is 25.0 Å². The van der Waals surface area contributed by atoms with E-state index in [9.17, 15) is 8.42 Å². The van der Waals surface area contributed by atoms with Gasteiger partial charge in [-0.05, 0) is 49.1 Å². The molecule has 114 valence electrons. The molecule has 0 amide bonds. The fourth-order valence-electron chi connectivity index (χ4n) is 2.77. The van der Waals surface area contributed by atoms with Crippen LogP contribution < -0.4 is 10.5 Å². The van der Waals surface area contributed by atoms with Crippen molar-refractivity contribution >= 4 is 38.8 Å². The van der Waals surface area contributed by atoms with Crippen LogP contribution in [-0.2, 0) is 10.0 Å². The zero-order valence-corrected chi connectivity index (χ0v) is 13.8. The predicted octanol–water partition coefficient (Wildman–Crippen LogP) is 2.44. The van der Waals surface area contributed by atoms with Gasteiger partial charge in [-0.1, -0.05) is 29.9 Å². The van der Waals surface area contributed by atoms with Crippen molar-refractivity contribution < 1.29 is 8.42 Å². The highest BCUT2D eigenvalue weighted by Gasteiger charge is 2.53. The SMILES string of the molecule is NC(=S)c1ccc(S(=O)(=O)NCC2(C3CC3)CC2)c(Cl)c1. The van der Waals surface area contributed by atoms with Crippen LogP contribution in [0.2, 0.25) is 5.02 Å². The molecule has 21 heavy (non-hydrogen) atoms. The van der Waals surface area contributed by atoms with Gasteiger partial charge in [0.15, 0.2) is 0 Å². The molecule has 0 aromatic heterocycles. The van der Waals surface area contributed by atoms with Crippen molar-refractivity contribution in [1.82, 2.24) is 4.72 Å². The maximum absolute atomic E-state index is 12.4. The number of nitrogens with two attached hydrogens (primary N) is 1. The molecule has 0 aliphatic heterocycles. The van der Waals surface area contributed by atoms with Gasteiger partial charge in [-0.25, -0.2) is 13.1 Å². The van der Waals surface area contributed by atoms with Crippen LogP contribution in [0.15, 0.2) is 23.1 Å².